The predicted molar refractivity (Wildman–Crippen MR) is 100 cm³/mol. The molecule has 138 valence electrons. The summed E-state index contributed by atoms with van der Waals surface area (Å²) in [6.07, 6.45) is 1.65. The van der Waals surface area contributed by atoms with E-state index in [4.69, 9.17) is 15.2 Å². The monoisotopic (exact) mass is 364 g/mol. The Kier molecular flexibility index (Phi) is 4.99. The maximum absolute atomic E-state index is 12.3. The predicted octanol–water partition coefficient (Wildman–Crippen LogP) is 2.68. The Balaban J connectivity index is 2.32. The molecule has 7 heteroatoms. The van der Waals surface area contributed by atoms with Gasteiger partial charge in [0, 0.05) is 28.6 Å². The molecule has 27 heavy (non-hydrogen) atoms. The third-order valence-corrected chi connectivity index (χ3v) is 4.48. The highest BCUT2D eigenvalue weighted by Gasteiger charge is 2.36. The number of nitrogens with one attached hydrogen (secondary N) is 1. The molecule has 1 aromatic heterocycles. The second kappa shape index (κ2) is 7.38. The second-order valence-corrected chi connectivity index (χ2v) is 6.03. The van der Waals surface area contributed by atoms with Crippen molar-refractivity contribution in [1.29, 1.82) is 5.26 Å². The first kappa shape index (κ1) is 18.3. The fourth-order valence-electron chi connectivity index (χ4n) is 3.38. The molecule has 0 saturated carbocycles. The molecule has 1 aliphatic rings. The molecule has 0 spiro atoms. The SMILES string of the molecule is CCOc1ccnc2c1C(c1ccc(C#N)cc1OC)C(C(N)=O)=C(C)N2. The van der Waals surface area contributed by atoms with E-state index in [1.54, 1.807) is 37.4 Å². The van der Waals surface area contributed by atoms with Crippen molar-refractivity contribution in [2.45, 2.75) is 19.8 Å². The minimum absolute atomic E-state index is 0.402. The van der Waals surface area contributed by atoms with E-state index in [0.717, 1.165) is 0 Å². The number of benzene rings is 1. The number of anilines is 1. The fraction of sp³-hybridized carbons (Fsp3) is 0.250. The van der Waals surface area contributed by atoms with Gasteiger partial charge in [-0.25, -0.2) is 4.98 Å². The molecule has 2 aromatic rings. The summed E-state index contributed by atoms with van der Waals surface area (Å²) in [5.74, 6) is 0.618. The molecule has 1 amide bonds. The van der Waals surface area contributed by atoms with Gasteiger partial charge in [0.05, 0.1) is 31.3 Å². The van der Waals surface area contributed by atoms with Crippen molar-refractivity contribution in [3.05, 3.63) is 58.4 Å². The Bertz CT molecular complexity index is 976. The van der Waals surface area contributed by atoms with Crippen LogP contribution in [0.1, 0.15) is 36.5 Å². The third kappa shape index (κ3) is 3.17. The van der Waals surface area contributed by atoms with E-state index in [9.17, 15) is 10.1 Å². The summed E-state index contributed by atoms with van der Waals surface area (Å²) in [4.78, 5) is 16.7. The summed E-state index contributed by atoms with van der Waals surface area (Å²) < 4.78 is 11.3. The number of fused-ring (bicyclic) bond motifs is 1. The lowest BCUT2D eigenvalue weighted by molar-refractivity contribution is -0.114. The number of rotatable bonds is 5. The lowest BCUT2D eigenvalue weighted by Gasteiger charge is -2.31. The van der Waals surface area contributed by atoms with Crippen molar-refractivity contribution in [2.24, 2.45) is 5.73 Å². The standard InChI is InChI=1S/C20H20N4O3/c1-4-27-14-7-8-23-20-18(14)17(16(19(22)25)11(2)24-20)13-6-5-12(10-21)9-15(13)26-3/h5-9,17H,4H2,1-3H3,(H2,22,25)(H,23,24). The summed E-state index contributed by atoms with van der Waals surface area (Å²) in [5, 5.41) is 12.3. The van der Waals surface area contributed by atoms with Gasteiger partial charge in [-0.05, 0) is 32.0 Å². The minimum atomic E-state index is -0.548. The van der Waals surface area contributed by atoms with Crippen molar-refractivity contribution in [3.8, 4) is 17.6 Å². The van der Waals surface area contributed by atoms with E-state index < -0.39 is 11.8 Å². The van der Waals surface area contributed by atoms with E-state index >= 15 is 0 Å². The molecule has 0 radical (unpaired) electrons. The molecule has 0 fully saturated rings. The van der Waals surface area contributed by atoms with Gasteiger partial charge in [-0.3, -0.25) is 4.79 Å². The topological polar surface area (TPSA) is 110 Å². The Morgan fingerprint density at radius 1 is 1.37 bits per heavy atom. The van der Waals surface area contributed by atoms with E-state index in [1.807, 2.05) is 6.92 Å². The van der Waals surface area contributed by atoms with Crippen molar-refractivity contribution in [3.63, 3.8) is 0 Å². The van der Waals surface area contributed by atoms with Crippen LogP contribution >= 0.6 is 0 Å². The van der Waals surface area contributed by atoms with E-state index in [2.05, 4.69) is 16.4 Å². The molecule has 3 rings (SSSR count). The highest BCUT2D eigenvalue weighted by atomic mass is 16.5. The van der Waals surface area contributed by atoms with Crippen LogP contribution < -0.4 is 20.5 Å². The minimum Gasteiger partial charge on any atom is -0.496 e. The number of allylic oxidation sites excluding steroid dienone is 1. The number of carbonyl (C=O) groups is 1. The molecule has 0 saturated heterocycles. The normalized spacial score (nSPS) is 15.4. The van der Waals surface area contributed by atoms with Gasteiger partial charge in [-0.1, -0.05) is 6.07 Å². The number of methoxy groups -OCH3 is 1. The highest BCUT2D eigenvalue weighted by molar-refractivity contribution is 5.97. The number of carbonyl (C=O) groups excluding carboxylic acids is 1. The number of ether oxygens (including phenoxy) is 2. The number of pyridine rings is 1. The average Bonchev–Trinajstić information content (AvgIpc) is 2.66. The van der Waals surface area contributed by atoms with Crippen LogP contribution in [-0.4, -0.2) is 24.6 Å². The van der Waals surface area contributed by atoms with Gasteiger partial charge in [0.25, 0.3) is 0 Å². The Morgan fingerprint density at radius 3 is 2.78 bits per heavy atom. The van der Waals surface area contributed by atoms with Crippen LogP contribution in [0.5, 0.6) is 11.5 Å². The lowest BCUT2D eigenvalue weighted by Crippen LogP contribution is -2.28. The largest absolute Gasteiger partial charge is 0.496 e. The quantitative estimate of drug-likeness (QED) is 0.844. The van der Waals surface area contributed by atoms with Crippen molar-refractivity contribution in [2.75, 3.05) is 19.0 Å². The molecular formula is C20H20N4O3. The molecule has 1 atom stereocenters. The number of hydrogen-bond donors (Lipinski definition) is 2. The zero-order chi connectivity index (χ0) is 19.6. The van der Waals surface area contributed by atoms with E-state index in [0.29, 0.717) is 51.9 Å². The van der Waals surface area contributed by atoms with Gasteiger partial charge >= 0.3 is 0 Å². The van der Waals surface area contributed by atoms with E-state index in [-0.39, 0.29) is 0 Å². The molecular weight excluding hydrogens is 344 g/mol. The number of aromatic nitrogens is 1. The second-order valence-electron chi connectivity index (χ2n) is 6.03. The summed E-state index contributed by atoms with van der Waals surface area (Å²) in [6, 6.07) is 8.95. The molecule has 2 heterocycles. The highest BCUT2D eigenvalue weighted by Crippen LogP contribution is 2.47. The molecule has 1 aliphatic heterocycles. The number of nitriles is 1. The molecule has 1 aromatic carbocycles. The van der Waals surface area contributed by atoms with Crippen LogP contribution in [0, 0.1) is 11.3 Å². The Labute approximate surface area is 157 Å². The van der Waals surface area contributed by atoms with Gasteiger partial charge in [-0.15, -0.1) is 0 Å². The van der Waals surface area contributed by atoms with Crippen molar-refractivity contribution < 1.29 is 14.3 Å². The maximum Gasteiger partial charge on any atom is 0.247 e. The van der Waals surface area contributed by atoms with Crippen molar-refractivity contribution >= 4 is 11.7 Å². The van der Waals surface area contributed by atoms with Gasteiger partial charge < -0.3 is 20.5 Å². The Hall–Kier alpha value is -3.53. The lowest BCUT2D eigenvalue weighted by atomic mass is 9.80. The number of amides is 1. The van der Waals surface area contributed by atoms with Crippen LogP contribution in [0.25, 0.3) is 0 Å². The molecule has 1 unspecified atom stereocenters. The number of nitrogens with zero attached hydrogens (tertiary/aromatic N) is 2. The smallest absolute Gasteiger partial charge is 0.247 e. The zero-order valence-electron chi connectivity index (χ0n) is 15.4. The van der Waals surface area contributed by atoms with Gasteiger partial charge in [0.1, 0.15) is 17.3 Å². The van der Waals surface area contributed by atoms with Gasteiger partial charge in [-0.2, -0.15) is 5.26 Å². The number of hydrogen-bond acceptors (Lipinski definition) is 6. The summed E-state index contributed by atoms with van der Waals surface area (Å²) in [6.45, 7) is 4.12. The third-order valence-electron chi connectivity index (χ3n) is 4.48. The molecule has 0 aliphatic carbocycles. The van der Waals surface area contributed by atoms with Gasteiger partial charge in [0.2, 0.25) is 5.91 Å². The number of primary amides is 1. The van der Waals surface area contributed by atoms with Crippen LogP contribution in [-0.2, 0) is 4.79 Å². The average molecular weight is 364 g/mol. The maximum atomic E-state index is 12.3. The summed E-state index contributed by atoms with van der Waals surface area (Å²) in [5.41, 5.74) is 8.62. The van der Waals surface area contributed by atoms with Crippen LogP contribution in [0.3, 0.4) is 0 Å². The Morgan fingerprint density at radius 2 is 2.15 bits per heavy atom. The summed E-state index contributed by atoms with van der Waals surface area (Å²) in [7, 11) is 1.52. The molecule has 7 nitrogen and oxygen atoms in total. The van der Waals surface area contributed by atoms with Gasteiger partial charge in [0.15, 0.2) is 0 Å². The zero-order valence-corrected chi connectivity index (χ0v) is 15.4. The molecule has 3 N–H and O–H groups in total. The fourth-order valence-corrected chi connectivity index (χ4v) is 3.38. The first-order valence-corrected chi connectivity index (χ1v) is 8.49. The first-order chi connectivity index (χ1) is 13.0. The first-order valence-electron chi connectivity index (χ1n) is 8.49. The van der Waals surface area contributed by atoms with Crippen LogP contribution in [0.4, 0.5) is 5.82 Å². The van der Waals surface area contributed by atoms with Crippen LogP contribution in [0.2, 0.25) is 0 Å². The van der Waals surface area contributed by atoms with Crippen LogP contribution in [0.15, 0.2) is 41.7 Å². The molecule has 0 bridgehead atoms. The van der Waals surface area contributed by atoms with E-state index in [1.165, 1.54) is 7.11 Å². The summed E-state index contributed by atoms with van der Waals surface area (Å²) >= 11 is 0. The number of nitrogens with two attached hydrogens (primary N) is 1. The van der Waals surface area contributed by atoms with Crippen molar-refractivity contribution in [1.82, 2.24) is 4.98 Å².